The number of nitrogens with one attached hydrogen (secondary N) is 1. The van der Waals surface area contributed by atoms with Gasteiger partial charge in [0.15, 0.2) is 0 Å². The summed E-state index contributed by atoms with van der Waals surface area (Å²) in [4.78, 5) is 10.7. The van der Waals surface area contributed by atoms with E-state index in [1.807, 2.05) is 6.92 Å². The lowest BCUT2D eigenvalue weighted by Crippen LogP contribution is -2.29. The van der Waals surface area contributed by atoms with Gasteiger partial charge in [-0.1, -0.05) is 6.92 Å². The average Bonchev–Trinajstić information content (AvgIpc) is 2.39. The van der Waals surface area contributed by atoms with Crippen LogP contribution in [0.4, 0.5) is 0 Å². The highest BCUT2D eigenvalue weighted by molar-refractivity contribution is 5.76. The smallest absolute Gasteiger partial charge is 0.220 e. The number of primary amides is 1. The van der Waals surface area contributed by atoms with Gasteiger partial charge >= 0.3 is 0 Å². The van der Waals surface area contributed by atoms with Crippen LogP contribution in [0.1, 0.15) is 26.2 Å². The zero-order chi connectivity index (χ0) is 8.27. The van der Waals surface area contributed by atoms with Crippen molar-refractivity contribution in [3.05, 3.63) is 0 Å². The Labute approximate surface area is 67.3 Å². The van der Waals surface area contributed by atoms with Crippen molar-refractivity contribution in [2.75, 3.05) is 6.54 Å². The average molecular weight is 156 g/mol. The highest BCUT2D eigenvalue weighted by Crippen LogP contribution is 2.13. The third kappa shape index (κ3) is 2.50. The largest absolute Gasteiger partial charge is 0.369 e. The molecule has 0 aromatic carbocycles. The van der Waals surface area contributed by atoms with Crippen molar-refractivity contribution in [3.63, 3.8) is 0 Å². The van der Waals surface area contributed by atoms with Crippen LogP contribution in [0.25, 0.3) is 0 Å². The van der Waals surface area contributed by atoms with Crippen LogP contribution in [0.5, 0.6) is 0 Å². The van der Waals surface area contributed by atoms with Crippen molar-refractivity contribution in [2.24, 2.45) is 11.7 Å². The van der Waals surface area contributed by atoms with Gasteiger partial charge in [-0.05, 0) is 25.8 Å². The molecule has 1 fully saturated rings. The van der Waals surface area contributed by atoms with E-state index in [0.717, 1.165) is 13.0 Å². The van der Waals surface area contributed by atoms with Crippen molar-refractivity contribution in [3.8, 4) is 0 Å². The van der Waals surface area contributed by atoms with Gasteiger partial charge in [-0.25, -0.2) is 0 Å². The quantitative estimate of drug-likeness (QED) is 0.615. The first-order valence-electron chi connectivity index (χ1n) is 4.23. The molecule has 1 amide bonds. The molecule has 1 saturated heterocycles. The molecular weight excluding hydrogens is 140 g/mol. The Morgan fingerprint density at radius 3 is 3.00 bits per heavy atom. The lowest BCUT2D eigenvalue weighted by molar-refractivity contribution is -0.121. The lowest BCUT2D eigenvalue weighted by atomic mass is 10.0. The predicted molar refractivity (Wildman–Crippen MR) is 44.0 cm³/mol. The van der Waals surface area contributed by atoms with Gasteiger partial charge in [0, 0.05) is 12.0 Å². The molecule has 0 aromatic rings. The van der Waals surface area contributed by atoms with Crippen molar-refractivity contribution in [1.82, 2.24) is 5.32 Å². The predicted octanol–water partition coefficient (Wildman–Crippen LogP) is 0.250. The molecule has 0 aromatic heterocycles. The summed E-state index contributed by atoms with van der Waals surface area (Å²) in [7, 11) is 0. The van der Waals surface area contributed by atoms with Gasteiger partial charge in [0.2, 0.25) is 5.91 Å². The molecule has 2 atom stereocenters. The van der Waals surface area contributed by atoms with Gasteiger partial charge in [0.1, 0.15) is 0 Å². The van der Waals surface area contributed by atoms with E-state index in [1.54, 1.807) is 0 Å². The highest BCUT2D eigenvalue weighted by atomic mass is 16.1. The van der Waals surface area contributed by atoms with Crippen LogP contribution in [0, 0.1) is 5.92 Å². The summed E-state index contributed by atoms with van der Waals surface area (Å²) in [6.45, 7) is 2.98. The second kappa shape index (κ2) is 3.72. The molecule has 3 nitrogen and oxygen atoms in total. The Morgan fingerprint density at radius 1 is 1.82 bits per heavy atom. The van der Waals surface area contributed by atoms with Gasteiger partial charge in [-0.2, -0.15) is 0 Å². The molecule has 1 rings (SSSR count). The van der Waals surface area contributed by atoms with Crippen molar-refractivity contribution in [1.29, 1.82) is 0 Å². The number of hydrogen-bond acceptors (Lipinski definition) is 2. The lowest BCUT2D eigenvalue weighted by Gasteiger charge is -2.13. The number of amides is 1. The first-order chi connectivity index (χ1) is 5.20. The third-order valence-corrected chi connectivity index (χ3v) is 2.29. The number of carbonyl (C=O) groups excluding carboxylic acids is 1. The van der Waals surface area contributed by atoms with E-state index in [-0.39, 0.29) is 11.8 Å². The summed E-state index contributed by atoms with van der Waals surface area (Å²) in [6, 6.07) is 0.525. The topological polar surface area (TPSA) is 55.1 Å². The molecule has 1 unspecified atom stereocenters. The Kier molecular flexibility index (Phi) is 2.88. The first-order valence-corrected chi connectivity index (χ1v) is 4.23. The van der Waals surface area contributed by atoms with Crippen LogP contribution in [0.15, 0.2) is 0 Å². The molecule has 3 heteroatoms. The van der Waals surface area contributed by atoms with Crippen LogP contribution < -0.4 is 11.1 Å². The summed E-state index contributed by atoms with van der Waals surface area (Å²) < 4.78 is 0. The minimum absolute atomic E-state index is 0.0191. The molecule has 1 aliphatic rings. The molecule has 0 spiro atoms. The van der Waals surface area contributed by atoms with Crippen LogP contribution in [0.2, 0.25) is 0 Å². The molecule has 0 radical (unpaired) electrons. The van der Waals surface area contributed by atoms with Gasteiger partial charge in [-0.15, -0.1) is 0 Å². The molecule has 1 aliphatic heterocycles. The van der Waals surface area contributed by atoms with Crippen molar-refractivity contribution < 1.29 is 4.79 Å². The number of rotatable bonds is 3. The number of hydrogen-bond donors (Lipinski definition) is 2. The fraction of sp³-hybridized carbons (Fsp3) is 0.875. The zero-order valence-electron chi connectivity index (χ0n) is 6.97. The molecule has 0 saturated carbocycles. The Balaban J connectivity index is 2.23. The van der Waals surface area contributed by atoms with E-state index in [4.69, 9.17) is 5.73 Å². The number of carbonyl (C=O) groups is 1. The fourth-order valence-electron chi connectivity index (χ4n) is 1.50. The van der Waals surface area contributed by atoms with E-state index in [0.29, 0.717) is 6.04 Å². The summed E-state index contributed by atoms with van der Waals surface area (Å²) >= 11 is 0. The molecule has 1 heterocycles. The Hall–Kier alpha value is -0.570. The van der Waals surface area contributed by atoms with Crippen LogP contribution in [-0.4, -0.2) is 18.5 Å². The summed E-state index contributed by atoms with van der Waals surface area (Å²) in [5.41, 5.74) is 5.15. The van der Waals surface area contributed by atoms with Gasteiger partial charge in [-0.3, -0.25) is 4.79 Å². The first kappa shape index (κ1) is 8.53. The van der Waals surface area contributed by atoms with Crippen molar-refractivity contribution in [2.45, 2.75) is 32.2 Å². The van der Waals surface area contributed by atoms with E-state index >= 15 is 0 Å². The SMILES string of the molecule is C[C@H](CC1CCCN1)C(N)=O. The maximum absolute atomic E-state index is 10.7. The second-order valence-corrected chi connectivity index (χ2v) is 3.33. The number of nitrogens with two attached hydrogens (primary N) is 1. The van der Waals surface area contributed by atoms with Crippen LogP contribution >= 0.6 is 0 Å². The molecular formula is C8H16N2O. The minimum atomic E-state index is -0.182. The van der Waals surface area contributed by atoms with E-state index in [2.05, 4.69) is 5.32 Å². The van der Waals surface area contributed by atoms with E-state index in [9.17, 15) is 4.79 Å². The fourth-order valence-corrected chi connectivity index (χ4v) is 1.50. The highest BCUT2D eigenvalue weighted by Gasteiger charge is 2.19. The Bertz CT molecular complexity index is 141. The van der Waals surface area contributed by atoms with Gasteiger partial charge < -0.3 is 11.1 Å². The maximum atomic E-state index is 10.7. The molecule has 11 heavy (non-hydrogen) atoms. The molecule has 0 bridgehead atoms. The molecule has 3 N–H and O–H groups in total. The Morgan fingerprint density at radius 2 is 2.55 bits per heavy atom. The monoisotopic (exact) mass is 156 g/mol. The molecule has 64 valence electrons. The summed E-state index contributed by atoms with van der Waals surface area (Å²) in [6.07, 6.45) is 3.32. The van der Waals surface area contributed by atoms with Crippen molar-refractivity contribution >= 4 is 5.91 Å². The van der Waals surface area contributed by atoms with E-state index < -0.39 is 0 Å². The summed E-state index contributed by atoms with van der Waals surface area (Å²) in [5, 5.41) is 3.33. The molecule has 0 aliphatic carbocycles. The third-order valence-electron chi connectivity index (χ3n) is 2.29. The van der Waals surface area contributed by atoms with Crippen LogP contribution in [0.3, 0.4) is 0 Å². The maximum Gasteiger partial charge on any atom is 0.220 e. The summed E-state index contributed by atoms with van der Waals surface area (Å²) in [5.74, 6) is -0.163. The normalized spacial score (nSPS) is 26.8. The van der Waals surface area contributed by atoms with E-state index in [1.165, 1.54) is 12.8 Å². The zero-order valence-corrected chi connectivity index (χ0v) is 6.97. The second-order valence-electron chi connectivity index (χ2n) is 3.33. The minimum Gasteiger partial charge on any atom is -0.369 e. The standard InChI is InChI=1S/C8H16N2O/c1-6(8(9)11)5-7-3-2-4-10-7/h6-7,10H,2-5H2,1H3,(H2,9,11)/t6-,7?/m1/s1. The van der Waals surface area contributed by atoms with Gasteiger partial charge in [0.05, 0.1) is 0 Å². The van der Waals surface area contributed by atoms with Crippen LogP contribution in [-0.2, 0) is 4.79 Å². The van der Waals surface area contributed by atoms with Gasteiger partial charge in [0.25, 0.3) is 0 Å².